The third-order valence-corrected chi connectivity index (χ3v) is 5.37. The number of rotatable bonds is 1. The van der Waals surface area contributed by atoms with E-state index in [9.17, 15) is 0 Å². The molecule has 1 aliphatic rings. The first-order valence-corrected chi connectivity index (χ1v) is 9.97. The van der Waals surface area contributed by atoms with Gasteiger partial charge in [0.05, 0.1) is 11.4 Å². The van der Waals surface area contributed by atoms with E-state index in [1.54, 1.807) is 0 Å². The van der Waals surface area contributed by atoms with Gasteiger partial charge in [-0.05, 0) is 58.4 Å². The number of ether oxygens (including phenoxy) is 1. The molecular formula is C26H29NO. The molecule has 0 amide bonds. The Balaban J connectivity index is 1.93. The van der Waals surface area contributed by atoms with Crippen molar-refractivity contribution < 1.29 is 4.74 Å². The molecule has 0 atom stereocenters. The summed E-state index contributed by atoms with van der Waals surface area (Å²) in [5.74, 6) is 1.81. The Morgan fingerprint density at radius 3 is 1.86 bits per heavy atom. The molecule has 0 fully saturated rings. The normalized spacial score (nSPS) is 13.6. The van der Waals surface area contributed by atoms with E-state index in [0.717, 1.165) is 28.6 Å². The maximum absolute atomic E-state index is 6.39. The van der Waals surface area contributed by atoms with E-state index >= 15 is 0 Å². The Kier molecular flexibility index (Phi) is 4.26. The van der Waals surface area contributed by atoms with Gasteiger partial charge in [-0.1, -0.05) is 71.9 Å². The maximum Gasteiger partial charge on any atom is 0.151 e. The summed E-state index contributed by atoms with van der Waals surface area (Å²) in [5, 5.41) is 0. The molecule has 3 aromatic rings. The third-order valence-electron chi connectivity index (χ3n) is 5.37. The zero-order valence-electron chi connectivity index (χ0n) is 17.7. The van der Waals surface area contributed by atoms with Crippen LogP contribution >= 0.6 is 0 Å². The van der Waals surface area contributed by atoms with Crippen LogP contribution in [0, 0.1) is 0 Å². The van der Waals surface area contributed by atoms with Crippen molar-refractivity contribution in [1.29, 1.82) is 0 Å². The average Bonchev–Trinajstić information content (AvgIpc) is 2.64. The minimum absolute atomic E-state index is 0.0757. The summed E-state index contributed by atoms with van der Waals surface area (Å²) < 4.78 is 6.39. The highest BCUT2D eigenvalue weighted by Crippen LogP contribution is 2.52. The van der Waals surface area contributed by atoms with E-state index in [1.165, 1.54) is 11.1 Å². The Labute approximate surface area is 168 Å². The van der Waals surface area contributed by atoms with Gasteiger partial charge < -0.3 is 9.64 Å². The lowest BCUT2D eigenvalue weighted by molar-refractivity contribution is 0.472. The zero-order chi connectivity index (χ0) is 20.1. The Bertz CT molecular complexity index is 1010. The van der Waals surface area contributed by atoms with Crippen LogP contribution < -0.4 is 9.64 Å². The quantitative estimate of drug-likeness (QED) is 0.338. The lowest BCUT2D eigenvalue weighted by Crippen LogP contribution is -2.19. The van der Waals surface area contributed by atoms with Crippen molar-refractivity contribution in [3.05, 3.63) is 77.9 Å². The molecular weight excluding hydrogens is 342 g/mol. The van der Waals surface area contributed by atoms with E-state index < -0.39 is 0 Å². The smallest absolute Gasteiger partial charge is 0.151 e. The van der Waals surface area contributed by atoms with Crippen LogP contribution in [-0.4, -0.2) is 0 Å². The molecule has 4 rings (SSSR count). The summed E-state index contributed by atoms with van der Waals surface area (Å²) in [7, 11) is 0. The van der Waals surface area contributed by atoms with Crippen molar-refractivity contribution in [3.63, 3.8) is 0 Å². The SMILES string of the molecule is CC(C)(C)c1ccc2c(c1)Oc1ccc(C(C)(C)C)cc1N2c1ccccc1. The van der Waals surface area contributed by atoms with Gasteiger partial charge in [-0.3, -0.25) is 0 Å². The predicted octanol–water partition coefficient (Wildman–Crippen LogP) is 7.86. The molecule has 0 saturated heterocycles. The molecule has 0 radical (unpaired) electrons. The Morgan fingerprint density at radius 1 is 0.607 bits per heavy atom. The van der Waals surface area contributed by atoms with Crippen LogP contribution in [0.25, 0.3) is 0 Å². The lowest BCUT2D eigenvalue weighted by Gasteiger charge is -2.35. The van der Waals surface area contributed by atoms with Crippen LogP contribution in [0.1, 0.15) is 52.7 Å². The van der Waals surface area contributed by atoms with Crippen molar-refractivity contribution >= 4 is 17.1 Å². The molecule has 0 saturated carbocycles. The molecule has 28 heavy (non-hydrogen) atoms. The molecule has 1 heterocycles. The van der Waals surface area contributed by atoms with E-state index in [0.29, 0.717) is 0 Å². The highest BCUT2D eigenvalue weighted by atomic mass is 16.5. The van der Waals surface area contributed by atoms with Crippen molar-refractivity contribution in [3.8, 4) is 11.5 Å². The first-order valence-electron chi connectivity index (χ1n) is 9.97. The van der Waals surface area contributed by atoms with Gasteiger partial charge in [-0.2, -0.15) is 0 Å². The van der Waals surface area contributed by atoms with Crippen LogP contribution in [-0.2, 0) is 10.8 Å². The van der Waals surface area contributed by atoms with Gasteiger partial charge in [0, 0.05) is 5.69 Å². The molecule has 144 valence electrons. The van der Waals surface area contributed by atoms with E-state index in [-0.39, 0.29) is 10.8 Å². The summed E-state index contributed by atoms with van der Waals surface area (Å²) in [5.41, 5.74) is 6.04. The molecule has 0 N–H and O–H groups in total. The van der Waals surface area contributed by atoms with Gasteiger partial charge in [-0.15, -0.1) is 0 Å². The number of hydrogen-bond acceptors (Lipinski definition) is 2. The second-order valence-electron chi connectivity index (χ2n) is 9.64. The summed E-state index contributed by atoms with van der Waals surface area (Å²) in [6, 6.07) is 23.7. The van der Waals surface area contributed by atoms with Crippen LogP contribution in [0.5, 0.6) is 11.5 Å². The monoisotopic (exact) mass is 371 g/mol. The summed E-state index contributed by atoms with van der Waals surface area (Å²) >= 11 is 0. The molecule has 2 heteroatoms. The Hall–Kier alpha value is -2.74. The van der Waals surface area contributed by atoms with Gasteiger partial charge in [0.1, 0.15) is 0 Å². The number of benzene rings is 3. The largest absolute Gasteiger partial charge is 0.453 e. The number of fused-ring (bicyclic) bond motifs is 2. The van der Waals surface area contributed by atoms with Crippen LogP contribution in [0.3, 0.4) is 0 Å². The predicted molar refractivity (Wildman–Crippen MR) is 119 cm³/mol. The fraction of sp³-hybridized carbons (Fsp3) is 0.308. The van der Waals surface area contributed by atoms with Gasteiger partial charge in [0.2, 0.25) is 0 Å². The fourth-order valence-electron chi connectivity index (χ4n) is 3.60. The van der Waals surface area contributed by atoms with Gasteiger partial charge in [-0.25, -0.2) is 0 Å². The summed E-state index contributed by atoms with van der Waals surface area (Å²) in [6.07, 6.45) is 0. The average molecular weight is 372 g/mol. The molecule has 0 bridgehead atoms. The zero-order valence-corrected chi connectivity index (χ0v) is 17.7. The van der Waals surface area contributed by atoms with Crippen molar-refractivity contribution in [2.24, 2.45) is 0 Å². The minimum atomic E-state index is 0.0757. The van der Waals surface area contributed by atoms with Crippen LogP contribution in [0.2, 0.25) is 0 Å². The topological polar surface area (TPSA) is 12.5 Å². The molecule has 0 spiro atoms. The minimum Gasteiger partial charge on any atom is -0.453 e. The number of anilines is 3. The standard InChI is InChI=1S/C26H29NO/c1-25(2,3)18-13-15-23-22(16-18)27(20-10-8-7-9-11-20)21-14-12-19(26(4,5)6)17-24(21)28-23/h7-17H,1-6H3. The van der Waals surface area contributed by atoms with E-state index in [2.05, 4.69) is 113 Å². The van der Waals surface area contributed by atoms with Crippen molar-refractivity contribution in [2.45, 2.75) is 52.4 Å². The van der Waals surface area contributed by atoms with Gasteiger partial charge >= 0.3 is 0 Å². The highest BCUT2D eigenvalue weighted by molar-refractivity contribution is 5.86. The molecule has 3 aromatic carbocycles. The van der Waals surface area contributed by atoms with Gasteiger partial charge in [0.15, 0.2) is 11.5 Å². The second kappa shape index (κ2) is 6.41. The number of nitrogens with zero attached hydrogens (tertiary/aromatic N) is 1. The molecule has 1 aliphatic heterocycles. The summed E-state index contributed by atoms with van der Waals surface area (Å²) in [4.78, 5) is 2.32. The number of para-hydroxylation sites is 1. The highest BCUT2D eigenvalue weighted by Gasteiger charge is 2.29. The third kappa shape index (κ3) is 3.28. The second-order valence-corrected chi connectivity index (χ2v) is 9.64. The molecule has 2 nitrogen and oxygen atoms in total. The van der Waals surface area contributed by atoms with Crippen LogP contribution in [0.4, 0.5) is 17.1 Å². The molecule has 0 unspecified atom stereocenters. The Morgan fingerprint density at radius 2 is 1.21 bits per heavy atom. The fourth-order valence-corrected chi connectivity index (χ4v) is 3.60. The maximum atomic E-state index is 6.39. The molecule has 0 aromatic heterocycles. The van der Waals surface area contributed by atoms with Crippen molar-refractivity contribution in [1.82, 2.24) is 0 Å². The first kappa shape index (κ1) is 18.6. The van der Waals surface area contributed by atoms with Gasteiger partial charge in [0.25, 0.3) is 0 Å². The van der Waals surface area contributed by atoms with Crippen LogP contribution in [0.15, 0.2) is 66.7 Å². The van der Waals surface area contributed by atoms with Crippen molar-refractivity contribution in [2.75, 3.05) is 4.90 Å². The lowest BCUT2D eigenvalue weighted by atomic mass is 9.85. The van der Waals surface area contributed by atoms with E-state index in [4.69, 9.17) is 4.74 Å². The molecule has 0 aliphatic carbocycles. The first-order chi connectivity index (χ1) is 13.1. The summed E-state index contributed by atoms with van der Waals surface area (Å²) in [6.45, 7) is 13.4. The number of hydrogen-bond donors (Lipinski definition) is 0. The van der Waals surface area contributed by atoms with E-state index in [1.807, 2.05) is 0 Å².